The highest BCUT2D eigenvalue weighted by Gasteiger charge is 2.22. The van der Waals surface area contributed by atoms with E-state index in [0.29, 0.717) is 12.1 Å². The van der Waals surface area contributed by atoms with E-state index in [1.807, 2.05) is 24.4 Å². The zero-order valence-electron chi connectivity index (χ0n) is 20.1. The molecule has 4 N–H and O–H groups in total. The number of aromatic nitrogens is 2. The molecule has 0 fully saturated rings. The average Bonchev–Trinajstić information content (AvgIpc) is 3.41. The van der Waals surface area contributed by atoms with E-state index in [2.05, 4.69) is 15.7 Å². The fourth-order valence-electron chi connectivity index (χ4n) is 3.78. The van der Waals surface area contributed by atoms with Crippen molar-refractivity contribution in [2.45, 2.75) is 19.4 Å². The van der Waals surface area contributed by atoms with Gasteiger partial charge in [0.1, 0.15) is 11.4 Å². The Morgan fingerprint density at radius 1 is 1.06 bits per heavy atom. The Kier molecular flexibility index (Phi) is 7.25. The minimum Gasteiger partial charge on any atom is -0.505 e. The normalized spacial score (nSPS) is 11.6. The minimum absolute atomic E-state index is 0.0381. The maximum absolute atomic E-state index is 13.7. The van der Waals surface area contributed by atoms with Crippen molar-refractivity contribution in [2.24, 2.45) is 0 Å². The number of amides is 1. The molecule has 1 amide bonds. The molecule has 4 aromatic rings. The molecule has 0 aliphatic heterocycles. The van der Waals surface area contributed by atoms with Crippen LogP contribution in [-0.4, -0.2) is 39.8 Å². The van der Waals surface area contributed by atoms with Crippen molar-refractivity contribution in [1.29, 1.82) is 0 Å². The Bertz CT molecular complexity index is 1480. The first-order valence-electron chi connectivity index (χ1n) is 11.4. The summed E-state index contributed by atoms with van der Waals surface area (Å²) in [4.78, 5) is 41.9. The topological polar surface area (TPSA) is 119 Å². The van der Waals surface area contributed by atoms with Crippen LogP contribution >= 0.6 is 11.3 Å². The van der Waals surface area contributed by atoms with Gasteiger partial charge < -0.3 is 20.6 Å². The molecule has 0 saturated heterocycles. The van der Waals surface area contributed by atoms with E-state index in [9.17, 15) is 19.5 Å². The third kappa shape index (κ3) is 4.89. The summed E-state index contributed by atoms with van der Waals surface area (Å²) in [6.45, 7) is 1.98. The number of aromatic hydroxyl groups is 1. The van der Waals surface area contributed by atoms with E-state index in [1.54, 1.807) is 61.8 Å². The van der Waals surface area contributed by atoms with Crippen LogP contribution in [0.3, 0.4) is 0 Å². The number of thiophene rings is 1. The summed E-state index contributed by atoms with van der Waals surface area (Å²) < 4.78 is 1.15. The van der Waals surface area contributed by atoms with Gasteiger partial charge in [-0.15, -0.1) is 11.3 Å². The quantitative estimate of drug-likeness (QED) is 0.265. The number of hydrogen-bond acceptors (Lipinski definition) is 7. The molecule has 36 heavy (non-hydrogen) atoms. The Morgan fingerprint density at radius 2 is 1.81 bits per heavy atom. The third-order valence-corrected chi connectivity index (χ3v) is 6.65. The molecule has 1 unspecified atom stereocenters. The number of aromatic amines is 1. The molecule has 0 bridgehead atoms. The van der Waals surface area contributed by atoms with Gasteiger partial charge in [0.25, 0.3) is 17.0 Å². The summed E-state index contributed by atoms with van der Waals surface area (Å²) >= 11 is 1.54. The lowest BCUT2D eigenvalue weighted by Gasteiger charge is -2.21. The van der Waals surface area contributed by atoms with Crippen LogP contribution in [0.4, 0.5) is 17.1 Å². The summed E-state index contributed by atoms with van der Waals surface area (Å²) in [5, 5.41) is 21.6. The molecular formula is C26H27N5O4S. The van der Waals surface area contributed by atoms with E-state index in [1.165, 1.54) is 17.0 Å². The number of nitrogens with zero attached hydrogens (tertiary/aromatic N) is 2. The maximum Gasteiger partial charge on any atom is 0.295 e. The van der Waals surface area contributed by atoms with Crippen molar-refractivity contribution >= 4 is 34.3 Å². The second-order valence-electron chi connectivity index (χ2n) is 8.31. The maximum atomic E-state index is 13.7. The van der Waals surface area contributed by atoms with Gasteiger partial charge in [-0.3, -0.25) is 19.5 Å². The predicted molar refractivity (Wildman–Crippen MR) is 143 cm³/mol. The predicted octanol–water partition coefficient (Wildman–Crippen LogP) is 4.30. The van der Waals surface area contributed by atoms with E-state index < -0.39 is 17.0 Å². The Balaban J connectivity index is 1.87. The zero-order valence-corrected chi connectivity index (χ0v) is 20.9. The number of nitrogens with one attached hydrogen (secondary N) is 3. The molecule has 10 heteroatoms. The van der Waals surface area contributed by atoms with Crippen LogP contribution < -0.4 is 21.8 Å². The fraction of sp³-hybridized carbons (Fsp3) is 0.192. The van der Waals surface area contributed by atoms with Gasteiger partial charge in [0, 0.05) is 19.0 Å². The van der Waals surface area contributed by atoms with Crippen LogP contribution in [0.1, 0.15) is 34.6 Å². The number of phenolic OH excluding ortho intramolecular Hbond substituents is 1. The molecule has 0 saturated carbocycles. The Morgan fingerprint density at radius 3 is 2.44 bits per heavy atom. The summed E-state index contributed by atoms with van der Waals surface area (Å²) in [6, 6.07) is 17.0. The number of carbonyl (C=O) groups is 1. The largest absolute Gasteiger partial charge is 0.505 e. The van der Waals surface area contributed by atoms with E-state index in [4.69, 9.17) is 0 Å². The highest BCUT2D eigenvalue weighted by molar-refractivity contribution is 7.10. The first kappa shape index (κ1) is 24.8. The standard InChI is InChI=1S/C26H27N5O4S/c1-4-18(20-14-9-15-36-20)27-21-22(26(35)31(29-24(21)33)16-10-6-5-7-11-16)28-19-13-8-12-17(23(19)32)25(34)30(2)3/h5-15,18,27-28,32H,4H2,1-3H3,(H,29,33). The summed E-state index contributed by atoms with van der Waals surface area (Å²) in [5.41, 5.74) is -0.405. The van der Waals surface area contributed by atoms with Crippen LogP contribution in [-0.2, 0) is 0 Å². The summed E-state index contributed by atoms with van der Waals surface area (Å²) in [5.74, 6) is -0.718. The van der Waals surface area contributed by atoms with Crippen LogP contribution in [0.5, 0.6) is 5.75 Å². The summed E-state index contributed by atoms with van der Waals surface area (Å²) in [6.07, 6.45) is 0.666. The van der Waals surface area contributed by atoms with Gasteiger partial charge in [0.05, 0.1) is 23.0 Å². The second kappa shape index (κ2) is 10.5. The number of rotatable bonds is 8. The van der Waals surface area contributed by atoms with E-state index in [0.717, 1.165) is 9.56 Å². The number of para-hydroxylation sites is 2. The van der Waals surface area contributed by atoms with Crippen molar-refractivity contribution in [3.8, 4) is 11.4 Å². The molecule has 9 nitrogen and oxygen atoms in total. The zero-order chi connectivity index (χ0) is 25.8. The van der Waals surface area contributed by atoms with Crippen LogP contribution in [0, 0.1) is 0 Å². The van der Waals surface area contributed by atoms with Gasteiger partial charge in [-0.25, -0.2) is 4.68 Å². The van der Waals surface area contributed by atoms with Gasteiger partial charge in [-0.2, -0.15) is 0 Å². The molecule has 0 spiro atoms. The highest BCUT2D eigenvalue weighted by Crippen LogP contribution is 2.33. The molecule has 2 heterocycles. The summed E-state index contributed by atoms with van der Waals surface area (Å²) in [7, 11) is 3.16. The molecule has 2 aromatic heterocycles. The number of anilines is 3. The lowest BCUT2D eigenvalue weighted by atomic mass is 10.1. The molecule has 0 radical (unpaired) electrons. The molecule has 1 atom stereocenters. The Hall–Kier alpha value is -4.31. The van der Waals surface area contributed by atoms with Gasteiger partial charge in [-0.05, 0) is 42.1 Å². The Labute approximate surface area is 211 Å². The van der Waals surface area contributed by atoms with Crippen molar-refractivity contribution in [3.63, 3.8) is 0 Å². The molecule has 4 rings (SSSR count). The lowest BCUT2D eigenvalue weighted by Crippen LogP contribution is -2.33. The third-order valence-electron chi connectivity index (χ3n) is 5.67. The SMILES string of the molecule is CCC(Nc1c(Nc2cccc(C(=O)N(C)C)c2O)c(=O)n(-c2ccccc2)[nH]c1=O)c1cccs1. The highest BCUT2D eigenvalue weighted by atomic mass is 32.1. The smallest absolute Gasteiger partial charge is 0.295 e. The van der Waals surface area contributed by atoms with Crippen LogP contribution in [0.25, 0.3) is 5.69 Å². The fourth-order valence-corrected chi connectivity index (χ4v) is 4.64. The average molecular weight is 506 g/mol. The van der Waals surface area contributed by atoms with E-state index in [-0.39, 0.29) is 34.4 Å². The van der Waals surface area contributed by atoms with Crippen molar-refractivity contribution < 1.29 is 9.90 Å². The molecular weight excluding hydrogens is 478 g/mol. The molecule has 0 aliphatic rings. The number of phenols is 1. The van der Waals surface area contributed by atoms with E-state index >= 15 is 0 Å². The first-order chi connectivity index (χ1) is 17.3. The van der Waals surface area contributed by atoms with Gasteiger partial charge in [0.2, 0.25) is 0 Å². The van der Waals surface area contributed by atoms with Gasteiger partial charge >= 0.3 is 0 Å². The molecule has 0 aliphatic carbocycles. The van der Waals surface area contributed by atoms with Gasteiger partial charge in [-0.1, -0.05) is 37.3 Å². The number of carbonyl (C=O) groups excluding carboxylic acids is 1. The number of H-pyrrole nitrogens is 1. The van der Waals surface area contributed by atoms with Crippen LogP contribution in [0.2, 0.25) is 0 Å². The van der Waals surface area contributed by atoms with Crippen LogP contribution in [0.15, 0.2) is 75.6 Å². The lowest BCUT2D eigenvalue weighted by molar-refractivity contribution is 0.0824. The second-order valence-corrected chi connectivity index (χ2v) is 9.29. The number of benzene rings is 2. The first-order valence-corrected chi connectivity index (χ1v) is 12.2. The number of hydrogen-bond donors (Lipinski definition) is 4. The van der Waals surface area contributed by atoms with Crippen molar-refractivity contribution in [3.05, 3.63) is 97.2 Å². The van der Waals surface area contributed by atoms with Crippen molar-refractivity contribution in [2.75, 3.05) is 24.7 Å². The monoisotopic (exact) mass is 505 g/mol. The van der Waals surface area contributed by atoms with Gasteiger partial charge in [0.15, 0.2) is 5.75 Å². The molecule has 186 valence electrons. The minimum atomic E-state index is -0.534. The molecule has 2 aromatic carbocycles. The van der Waals surface area contributed by atoms with Crippen molar-refractivity contribution in [1.82, 2.24) is 14.7 Å².